The summed E-state index contributed by atoms with van der Waals surface area (Å²) in [6.07, 6.45) is 11.7. The molecular formula is C20H31IO6. The lowest BCUT2D eigenvalue weighted by Gasteiger charge is -2.22. The highest BCUT2D eigenvalue weighted by atomic mass is 127. The standard InChI is InChI=1S/C10H15IO3.C10H16O3/c11-5-3-6-12-8-9-14-10-4-1-2-7-13-10;1-2-6-11-8-9-13-10-5-3-4-7-12-10/h10H,1-2,4,6-9H2;1,10H,3-9H2. The number of hydrogen-bond acceptors (Lipinski definition) is 6. The lowest BCUT2D eigenvalue weighted by Crippen LogP contribution is -2.23. The van der Waals surface area contributed by atoms with Crippen LogP contribution in [0.4, 0.5) is 0 Å². The molecule has 0 N–H and O–H groups in total. The number of rotatable bonds is 10. The summed E-state index contributed by atoms with van der Waals surface area (Å²) in [5, 5.41) is 0. The number of ether oxygens (including phenoxy) is 6. The Hall–Kier alpha value is -0.390. The molecule has 154 valence electrons. The first-order chi connectivity index (χ1) is 13.4. The molecular weight excluding hydrogens is 463 g/mol. The summed E-state index contributed by atoms with van der Waals surface area (Å²) < 4.78 is 34.6. The average molecular weight is 494 g/mol. The van der Waals surface area contributed by atoms with E-state index in [0.29, 0.717) is 39.6 Å². The van der Waals surface area contributed by atoms with E-state index in [0.717, 1.165) is 38.9 Å². The molecule has 2 rings (SSSR count). The van der Waals surface area contributed by atoms with E-state index in [9.17, 15) is 0 Å². The van der Waals surface area contributed by atoms with Crippen LogP contribution in [0.1, 0.15) is 38.5 Å². The fraction of sp³-hybridized carbons (Fsp3) is 0.800. The highest BCUT2D eigenvalue weighted by Crippen LogP contribution is 2.13. The lowest BCUT2D eigenvalue weighted by atomic mass is 10.2. The Morgan fingerprint density at radius 2 is 1.37 bits per heavy atom. The molecule has 0 aromatic rings. The van der Waals surface area contributed by atoms with Crippen molar-refractivity contribution >= 4 is 22.6 Å². The molecule has 7 heteroatoms. The van der Waals surface area contributed by atoms with Crippen LogP contribution in [0.15, 0.2) is 0 Å². The van der Waals surface area contributed by atoms with E-state index in [-0.39, 0.29) is 12.6 Å². The second kappa shape index (κ2) is 18.9. The van der Waals surface area contributed by atoms with Gasteiger partial charge in [-0.1, -0.05) is 11.8 Å². The topological polar surface area (TPSA) is 55.4 Å². The second-order valence-electron chi connectivity index (χ2n) is 5.91. The summed E-state index contributed by atoms with van der Waals surface area (Å²) in [7, 11) is 0. The molecule has 0 aromatic carbocycles. The van der Waals surface area contributed by atoms with Crippen molar-refractivity contribution in [3.63, 3.8) is 0 Å². The normalized spacial score (nSPS) is 21.9. The van der Waals surface area contributed by atoms with E-state index in [1.165, 1.54) is 12.8 Å². The summed E-state index contributed by atoms with van der Waals surface area (Å²) in [5.74, 6) is 5.21. The summed E-state index contributed by atoms with van der Waals surface area (Å²) >= 11 is 1.99. The summed E-state index contributed by atoms with van der Waals surface area (Å²) in [6.45, 7) is 4.77. The van der Waals surface area contributed by atoms with Crippen LogP contribution in [0, 0.1) is 22.2 Å². The van der Waals surface area contributed by atoms with E-state index in [1.807, 2.05) is 22.6 Å². The maximum Gasteiger partial charge on any atom is 0.157 e. The molecule has 0 radical (unpaired) electrons. The molecule has 0 saturated carbocycles. The van der Waals surface area contributed by atoms with Gasteiger partial charge in [-0.15, -0.1) is 6.42 Å². The summed E-state index contributed by atoms with van der Waals surface area (Å²) in [5.41, 5.74) is 0. The third-order valence-corrected chi connectivity index (χ3v) is 4.15. The van der Waals surface area contributed by atoms with Crippen LogP contribution >= 0.6 is 22.6 Å². The van der Waals surface area contributed by atoms with Gasteiger partial charge in [-0.3, -0.25) is 0 Å². The predicted molar refractivity (Wildman–Crippen MR) is 111 cm³/mol. The molecule has 0 bridgehead atoms. The van der Waals surface area contributed by atoms with Gasteiger partial charge in [0.1, 0.15) is 13.2 Å². The molecule has 2 unspecified atom stereocenters. The van der Waals surface area contributed by atoms with Gasteiger partial charge in [0.05, 0.1) is 26.4 Å². The Balaban J connectivity index is 0.000000271. The zero-order chi connectivity index (χ0) is 19.4. The number of halogens is 1. The predicted octanol–water partition coefficient (Wildman–Crippen LogP) is 3.12. The van der Waals surface area contributed by atoms with Gasteiger partial charge in [0, 0.05) is 35.8 Å². The van der Waals surface area contributed by atoms with Crippen molar-refractivity contribution in [3.8, 4) is 22.2 Å². The van der Waals surface area contributed by atoms with Crippen LogP contribution < -0.4 is 0 Å². The molecule has 0 aliphatic carbocycles. The third kappa shape index (κ3) is 15.2. The van der Waals surface area contributed by atoms with Crippen molar-refractivity contribution < 1.29 is 28.4 Å². The maximum atomic E-state index is 5.47. The Bertz CT molecular complexity index is 430. The van der Waals surface area contributed by atoms with Crippen LogP contribution in [0.3, 0.4) is 0 Å². The van der Waals surface area contributed by atoms with E-state index in [1.54, 1.807) is 0 Å². The van der Waals surface area contributed by atoms with Crippen molar-refractivity contribution in [1.82, 2.24) is 0 Å². The number of terminal acetylenes is 1. The highest BCUT2D eigenvalue weighted by Gasteiger charge is 2.13. The molecule has 2 heterocycles. The quantitative estimate of drug-likeness (QED) is 0.264. The molecule has 2 aliphatic heterocycles. The summed E-state index contributed by atoms with van der Waals surface area (Å²) in [4.78, 5) is 0. The zero-order valence-electron chi connectivity index (χ0n) is 16.0. The van der Waals surface area contributed by atoms with E-state index in [4.69, 9.17) is 34.8 Å². The fourth-order valence-corrected chi connectivity index (χ4v) is 2.60. The largest absolute Gasteiger partial charge is 0.366 e. The third-order valence-electron chi connectivity index (χ3n) is 3.77. The molecule has 2 atom stereocenters. The Morgan fingerprint density at radius 3 is 1.81 bits per heavy atom. The first-order valence-electron chi connectivity index (χ1n) is 9.50. The Kier molecular flexibility index (Phi) is 17.3. The van der Waals surface area contributed by atoms with Crippen molar-refractivity contribution in [3.05, 3.63) is 0 Å². The molecule has 2 saturated heterocycles. The van der Waals surface area contributed by atoms with Crippen LogP contribution in [0.25, 0.3) is 0 Å². The highest BCUT2D eigenvalue weighted by molar-refractivity contribution is 14.1. The molecule has 0 amide bonds. The van der Waals surface area contributed by atoms with Gasteiger partial charge in [-0.05, 0) is 42.5 Å². The summed E-state index contributed by atoms with van der Waals surface area (Å²) in [6, 6.07) is 0. The number of hydrogen-bond donors (Lipinski definition) is 0. The average Bonchev–Trinajstić information content (AvgIpc) is 2.72. The van der Waals surface area contributed by atoms with Crippen molar-refractivity contribution in [2.45, 2.75) is 51.1 Å². The van der Waals surface area contributed by atoms with Crippen molar-refractivity contribution in [2.24, 2.45) is 0 Å². The monoisotopic (exact) mass is 494 g/mol. The first-order valence-corrected chi connectivity index (χ1v) is 10.6. The lowest BCUT2D eigenvalue weighted by molar-refractivity contribution is -0.168. The maximum absolute atomic E-state index is 5.47. The van der Waals surface area contributed by atoms with Gasteiger partial charge in [0.15, 0.2) is 12.6 Å². The molecule has 6 nitrogen and oxygen atoms in total. The molecule has 2 aliphatic rings. The van der Waals surface area contributed by atoms with Crippen LogP contribution in [0.2, 0.25) is 0 Å². The van der Waals surface area contributed by atoms with Gasteiger partial charge >= 0.3 is 0 Å². The minimum absolute atomic E-state index is 0.0111. The fourth-order valence-electron chi connectivity index (χ4n) is 2.44. The minimum Gasteiger partial charge on any atom is -0.366 e. The Morgan fingerprint density at radius 1 is 0.815 bits per heavy atom. The van der Waals surface area contributed by atoms with E-state index >= 15 is 0 Å². The van der Waals surface area contributed by atoms with E-state index in [2.05, 4.69) is 15.8 Å². The van der Waals surface area contributed by atoms with Gasteiger partial charge in [-0.2, -0.15) is 0 Å². The van der Waals surface area contributed by atoms with Crippen LogP contribution in [-0.4, -0.2) is 65.4 Å². The van der Waals surface area contributed by atoms with Gasteiger partial charge in [-0.25, -0.2) is 0 Å². The molecule has 0 spiro atoms. The van der Waals surface area contributed by atoms with Gasteiger partial charge in [0.25, 0.3) is 0 Å². The zero-order valence-corrected chi connectivity index (χ0v) is 18.1. The van der Waals surface area contributed by atoms with Crippen molar-refractivity contribution in [1.29, 1.82) is 0 Å². The second-order valence-corrected chi connectivity index (χ2v) is 6.45. The SMILES string of the molecule is C#CCOCCOC1CCCCO1.IC#CCOCCOC1CCCCO1. The first kappa shape index (κ1) is 24.6. The molecule has 2 fully saturated rings. The minimum atomic E-state index is -0.0248. The Labute approximate surface area is 177 Å². The van der Waals surface area contributed by atoms with E-state index < -0.39 is 0 Å². The smallest absolute Gasteiger partial charge is 0.157 e. The van der Waals surface area contributed by atoms with Crippen molar-refractivity contribution in [2.75, 3.05) is 52.9 Å². The van der Waals surface area contributed by atoms with Crippen LogP contribution in [-0.2, 0) is 28.4 Å². The van der Waals surface area contributed by atoms with Gasteiger partial charge in [0.2, 0.25) is 0 Å². The molecule has 0 aromatic heterocycles. The molecule has 27 heavy (non-hydrogen) atoms. The van der Waals surface area contributed by atoms with Crippen LogP contribution in [0.5, 0.6) is 0 Å². The van der Waals surface area contributed by atoms with Gasteiger partial charge < -0.3 is 28.4 Å².